The highest BCUT2D eigenvalue weighted by Gasteiger charge is 2.34. The number of benzene rings is 2. The summed E-state index contributed by atoms with van der Waals surface area (Å²) in [5.41, 5.74) is 0.303. The minimum atomic E-state index is -4.72. The number of carbonyl (C=O) groups is 2. The van der Waals surface area contributed by atoms with Crippen LogP contribution in [0, 0.1) is 0 Å². The van der Waals surface area contributed by atoms with E-state index in [9.17, 15) is 22.8 Å². The quantitative estimate of drug-likeness (QED) is 0.387. The second-order valence-electron chi connectivity index (χ2n) is 6.56. The van der Waals surface area contributed by atoms with Gasteiger partial charge in [0, 0.05) is 11.4 Å². The number of alkyl halides is 3. The molecule has 164 valence electrons. The second-order valence-corrected chi connectivity index (χ2v) is 7.09. The van der Waals surface area contributed by atoms with E-state index in [0.29, 0.717) is 16.7 Å². The van der Waals surface area contributed by atoms with E-state index in [2.05, 4.69) is 24.7 Å². The Hall–Kier alpha value is -3.93. The highest BCUT2D eigenvalue weighted by Crippen LogP contribution is 2.36. The van der Waals surface area contributed by atoms with Crippen LogP contribution in [0.3, 0.4) is 0 Å². The number of amides is 2. The van der Waals surface area contributed by atoms with Gasteiger partial charge < -0.3 is 20.4 Å². The summed E-state index contributed by atoms with van der Waals surface area (Å²) < 4.78 is 53.7. The van der Waals surface area contributed by atoms with Crippen molar-refractivity contribution >= 4 is 51.6 Å². The van der Waals surface area contributed by atoms with E-state index >= 15 is 0 Å². The summed E-state index contributed by atoms with van der Waals surface area (Å²) in [7, 11) is 0. The number of fused-ring (bicyclic) bond motifs is 1. The molecule has 0 unspecified atom stereocenters. The summed E-state index contributed by atoms with van der Waals surface area (Å²) in [6, 6.07) is 9.67. The van der Waals surface area contributed by atoms with Gasteiger partial charge >= 0.3 is 6.18 Å². The predicted molar refractivity (Wildman–Crippen MR) is 113 cm³/mol. The Morgan fingerprint density at radius 3 is 2.62 bits per heavy atom. The highest BCUT2D eigenvalue weighted by molar-refractivity contribution is 7.00. The van der Waals surface area contributed by atoms with Gasteiger partial charge in [-0.1, -0.05) is 6.07 Å². The van der Waals surface area contributed by atoms with Crippen LogP contribution < -0.4 is 16.0 Å². The zero-order chi connectivity index (χ0) is 22.7. The topological polar surface area (TPSA) is 109 Å². The Kier molecular flexibility index (Phi) is 5.77. The molecule has 0 aliphatic heterocycles. The van der Waals surface area contributed by atoms with Crippen molar-refractivity contribution in [3.8, 4) is 0 Å². The van der Waals surface area contributed by atoms with Crippen LogP contribution in [-0.2, 0) is 11.0 Å². The lowest BCUT2D eigenvalue weighted by Gasteiger charge is -2.16. The molecular weight excluding hydrogens is 447 g/mol. The van der Waals surface area contributed by atoms with Crippen LogP contribution in [0.2, 0.25) is 0 Å². The molecule has 12 heteroatoms. The first kappa shape index (κ1) is 21.3. The van der Waals surface area contributed by atoms with Crippen LogP contribution in [0.25, 0.3) is 11.0 Å². The third-order valence-corrected chi connectivity index (χ3v) is 4.91. The summed E-state index contributed by atoms with van der Waals surface area (Å²) in [6.45, 7) is -0.419. The molecule has 0 bridgehead atoms. The number of hydrogen-bond donors (Lipinski definition) is 3. The summed E-state index contributed by atoms with van der Waals surface area (Å²) in [5.74, 6) is -1.17. The minimum absolute atomic E-state index is 0.0544. The van der Waals surface area contributed by atoms with Crippen molar-refractivity contribution < 1.29 is 27.2 Å². The smallest absolute Gasteiger partial charge is 0.418 e. The summed E-state index contributed by atoms with van der Waals surface area (Å²) in [6.07, 6.45) is -2.26. The Morgan fingerprint density at radius 1 is 1.03 bits per heavy atom. The van der Waals surface area contributed by atoms with E-state index in [1.807, 2.05) is 0 Å². The molecule has 0 fully saturated rings. The van der Waals surface area contributed by atoms with E-state index < -0.39 is 30.1 Å². The molecule has 2 heterocycles. The van der Waals surface area contributed by atoms with Crippen LogP contribution in [0.15, 0.2) is 59.4 Å². The van der Waals surface area contributed by atoms with Gasteiger partial charge in [0.2, 0.25) is 5.91 Å². The van der Waals surface area contributed by atoms with Gasteiger partial charge in [-0.2, -0.15) is 21.9 Å². The third-order valence-electron chi connectivity index (χ3n) is 4.37. The van der Waals surface area contributed by atoms with E-state index in [1.54, 1.807) is 18.2 Å². The average molecular weight is 461 g/mol. The molecule has 4 aromatic rings. The maximum atomic E-state index is 13.6. The fourth-order valence-electron chi connectivity index (χ4n) is 2.88. The van der Waals surface area contributed by atoms with Crippen molar-refractivity contribution in [2.24, 2.45) is 0 Å². The normalized spacial score (nSPS) is 11.3. The van der Waals surface area contributed by atoms with Gasteiger partial charge in [-0.15, -0.1) is 0 Å². The zero-order valence-electron chi connectivity index (χ0n) is 16.1. The second kappa shape index (κ2) is 8.67. The third kappa shape index (κ3) is 4.70. The Labute approximate surface area is 182 Å². The molecule has 8 nitrogen and oxygen atoms in total. The van der Waals surface area contributed by atoms with Crippen molar-refractivity contribution in [3.05, 3.63) is 66.1 Å². The maximum Gasteiger partial charge on any atom is 0.418 e. The van der Waals surface area contributed by atoms with E-state index in [0.717, 1.165) is 23.9 Å². The Balaban J connectivity index is 1.47. The van der Waals surface area contributed by atoms with Gasteiger partial charge in [0.1, 0.15) is 17.3 Å². The van der Waals surface area contributed by atoms with Crippen molar-refractivity contribution in [1.29, 1.82) is 0 Å². The number of nitrogens with one attached hydrogen (secondary N) is 3. The van der Waals surface area contributed by atoms with Gasteiger partial charge in [-0.25, -0.2) is 0 Å². The number of nitrogens with zero attached hydrogens (tertiary/aromatic N) is 2. The number of halogens is 3. The summed E-state index contributed by atoms with van der Waals surface area (Å²) in [4.78, 5) is 24.3. The van der Waals surface area contributed by atoms with Gasteiger partial charge in [-0.3, -0.25) is 9.59 Å². The summed E-state index contributed by atoms with van der Waals surface area (Å²) >= 11 is 0.986. The molecule has 0 spiro atoms. The van der Waals surface area contributed by atoms with Gasteiger partial charge in [-0.05, 0) is 36.4 Å². The largest absolute Gasteiger partial charge is 0.472 e. The molecule has 0 atom stereocenters. The molecular formula is C20H14F3N5O3S. The van der Waals surface area contributed by atoms with E-state index in [4.69, 9.17) is 4.42 Å². The van der Waals surface area contributed by atoms with Gasteiger partial charge in [0.25, 0.3) is 5.91 Å². The van der Waals surface area contributed by atoms with Crippen molar-refractivity contribution in [3.63, 3.8) is 0 Å². The zero-order valence-corrected chi connectivity index (χ0v) is 16.9. The molecule has 0 aliphatic carbocycles. The number of rotatable bonds is 6. The maximum absolute atomic E-state index is 13.6. The molecule has 0 radical (unpaired) electrons. The fourth-order valence-corrected chi connectivity index (χ4v) is 3.43. The Bertz CT molecular complexity index is 1270. The average Bonchev–Trinajstić information content (AvgIpc) is 3.44. The van der Waals surface area contributed by atoms with E-state index in [-0.39, 0.29) is 16.9 Å². The lowest BCUT2D eigenvalue weighted by atomic mass is 10.1. The molecule has 0 saturated carbocycles. The van der Waals surface area contributed by atoms with Crippen LogP contribution in [0.1, 0.15) is 15.9 Å². The standard InChI is InChI=1S/C20H14F3N5O3S/c21-20(22,23)13-8-12(25-19(30)11-6-7-31-10-11)4-5-14(13)24-9-17(29)26-15-2-1-3-16-18(15)28-32-27-16/h1-8,10,24H,9H2,(H,25,30)(H,26,29). The molecule has 3 N–H and O–H groups in total. The fraction of sp³-hybridized carbons (Fsp3) is 0.100. The molecule has 2 amide bonds. The molecule has 2 aromatic heterocycles. The molecule has 4 rings (SSSR count). The first-order valence-electron chi connectivity index (χ1n) is 9.11. The van der Waals surface area contributed by atoms with E-state index in [1.165, 1.54) is 24.7 Å². The van der Waals surface area contributed by atoms with Gasteiger partial charge in [0.15, 0.2) is 0 Å². The van der Waals surface area contributed by atoms with Crippen LogP contribution in [-0.4, -0.2) is 27.1 Å². The lowest BCUT2D eigenvalue weighted by Crippen LogP contribution is -2.23. The van der Waals surface area contributed by atoms with Crippen molar-refractivity contribution in [2.45, 2.75) is 6.18 Å². The lowest BCUT2D eigenvalue weighted by molar-refractivity contribution is -0.137. The number of carbonyl (C=O) groups excluding carboxylic acids is 2. The highest BCUT2D eigenvalue weighted by atomic mass is 32.1. The van der Waals surface area contributed by atoms with Crippen LogP contribution in [0.4, 0.5) is 30.2 Å². The molecule has 32 heavy (non-hydrogen) atoms. The molecule has 0 aliphatic rings. The molecule has 0 saturated heterocycles. The number of aromatic nitrogens is 2. The van der Waals surface area contributed by atoms with Crippen molar-refractivity contribution in [1.82, 2.24) is 8.75 Å². The monoisotopic (exact) mass is 461 g/mol. The van der Waals surface area contributed by atoms with Crippen LogP contribution in [0.5, 0.6) is 0 Å². The minimum Gasteiger partial charge on any atom is -0.472 e. The number of furan rings is 1. The summed E-state index contributed by atoms with van der Waals surface area (Å²) in [5, 5.41) is 7.48. The Morgan fingerprint density at radius 2 is 1.88 bits per heavy atom. The van der Waals surface area contributed by atoms with Gasteiger partial charge in [0.05, 0.1) is 41.4 Å². The number of hydrogen-bond acceptors (Lipinski definition) is 7. The van der Waals surface area contributed by atoms with Crippen LogP contribution >= 0.6 is 11.7 Å². The number of anilines is 3. The van der Waals surface area contributed by atoms with Crippen molar-refractivity contribution in [2.75, 3.05) is 22.5 Å². The first-order chi connectivity index (χ1) is 15.3. The first-order valence-corrected chi connectivity index (χ1v) is 9.84. The SMILES string of the molecule is O=C(CNc1ccc(NC(=O)c2ccoc2)cc1C(F)(F)F)Nc1cccc2nsnc12. The predicted octanol–water partition coefficient (Wildman–Crippen LogP) is 4.61. The molecule has 2 aromatic carbocycles.